The zero-order valence-corrected chi connectivity index (χ0v) is 18.4. The van der Waals surface area contributed by atoms with Crippen LogP contribution in [0.5, 0.6) is 0 Å². The summed E-state index contributed by atoms with van der Waals surface area (Å²) in [6.07, 6.45) is 3.81. The predicted molar refractivity (Wildman–Crippen MR) is 129 cm³/mol. The fourth-order valence-corrected chi connectivity index (χ4v) is 5.20. The van der Waals surface area contributed by atoms with E-state index in [-0.39, 0.29) is 0 Å². The van der Waals surface area contributed by atoms with E-state index in [0.717, 1.165) is 57.4 Å². The van der Waals surface area contributed by atoms with Gasteiger partial charge in [-0.05, 0) is 61.6 Å². The van der Waals surface area contributed by atoms with Crippen LogP contribution in [-0.4, -0.2) is 34.2 Å². The standard InChI is InChI=1S/C28H32N2O/c1-2-22-13-14-27-25(21-22)24-11-6-7-12-26(24)30(27)18-8-17-29-19-15-28(31,16-20-29)23-9-4-3-5-10-23/h3-7,9-14,21,31H,2,8,15-20H2,1H3. The fraction of sp³-hybridized carbons (Fsp3) is 0.357. The van der Waals surface area contributed by atoms with E-state index in [1.54, 1.807) is 0 Å². The molecule has 0 spiro atoms. The van der Waals surface area contributed by atoms with Crippen LogP contribution in [0.2, 0.25) is 0 Å². The van der Waals surface area contributed by atoms with Crippen molar-refractivity contribution in [2.45, 2.75) is 44.8 Å². The van der Waals surface area contributed by atoms with Gasteiger partial charge in [-0.3, -0.25) is 0 Å². The maximum Gasteiger partial charge on any atom is 0.0920 e. The molecule has 0 bridgehead atoms. The number of hydrogen-bond donors (Lipinski definition) is 1. The van der Waals surface area contributed by atoms with E-state index in [9.17, 15) is 5.11 Å². The van der Waals surface area contributed by atoms with Gasteiger partial charge in [0.25, 0.3) is 0 Å². The Kier molecular flexibility index (Phi) is 5.56. The van der Waals surface area contributed by atoms with Gasteiger partial charge >= 0.3 is 0 Å². The molecule has 160 valence electrons. The first-order valence-electron chi connectivity index (χ1n) is 11.7. The van der Waals surface area contributed by atoms with Crippen molar-refractivity contribution in [2.24, 2.45) is 0 Å². The van der Waals surface area contributed by atoms with Gasteiger partial charge in [0.05, 0.1) is 5.60 Å². The summed E-state index contributed by atoms with van der Waals surface area (Å²) in [5.41, 5.74) is 4.47. The molecule has 3 nitrogen and oxygen atoms in total. The molecule has 4 aromatic rings. The Morgan fingerprint density at radius 3 is 2.29 bits per heavy atom. The molecule has 1 fully saturated rings. The Balaban J connectivity index is 1.27. The number of aromatic nitrogens is 1. The topological polar surface area (TPSA) is 28.4 Å². The smallest absolute Gasteiger partial charge is 0.0920 e. The predicted octanol–water partition coefficient (Wildman–Crippen LogP) is 5.73. The van der Waals surface area contributed by atoms with E-state index in [4.69, 9.17) is 0 Å². The molecule has 0 amide bonds. The molecule has 1 aliphatic rings. The van der Waals surface area contributed by atoms with E-state index in [0.29, 0.717) is 0 Å². The molecule has 0 saturated carbocycles. The molecule has 0 atom stereocenters. The lowest BCUT2D eigenvalue weighted by Gasteiger charge is -2.38. The van der Waals surface area contributed by atoms with E-state index in [1.165, 1.54) is 27.4 Å². The van der Waals surface area contributed by atoms with Crippen LogP contribution in [0.4, 0.5) is 0 Å². The monoisotopic (exact) mass is 412 g/mol. The van der Waals surface area contributed by atoms with Crippen molar-refractivity contribution in [3.63, 3.8) is 0 Å². The van der Waals surface area contributed by atoms with Gasteiger partial charge < -0.3 is 14.6 Å². The van der Waals surface area contributed by atoms with Gasteiger partial charge in [-0.1, -0.05) is 61.5 Å². The second-order valence-corrected chi connectivity index (χ2v) is 8.97. The minimum absolute atomic E-state index is 0.665. The van der Waals surface area contributed by atoms with Crippen LogP contribution in [-0.2, 0) is 18.6 Å². The van der Waals surface area contributed by atoms with E-state index >= 15 is 0 Å². The van der Waals surface area contributed by atoms with Crippen molar-refractivity contribution in [3.8, 4) is 0 Å². The van der Waals surface area contributed by atoms with Crippen molar-refractivity contribution >= 4 is 21.8 Å². The summed E-state index contributed by atoms with van der Waals surface area (Å²) in [4.78, 5) is 2.51. The van der Waals surface area contributed by atoms with Gasteiger partial charge in [0.2, 0.25) is 0 Å². The summed E-state index contributed by atoms with van der Waals surface area (Å²) in [7, 11) is 0. The second kappa shape index (κ2) is 8.49. The largest absolute Gasteiger partial charge is 0.385 e. The Bertz CT molecular complexity index is 1170. The first-order valence-corrected chi connectivity index (χ1v) is 11.7. The maximum atomic E-state index is 11.1. The SMILES string of the molecule is CCc1ccc2c(c1)c1ccccc1n2CCCN1CCC(O)(c2ccccc2)CC1. The fourth-order valence-electron chi connectivity index (χ4n) is 5.20. The van der Waals surface area contributed by atoms with Gasteiger partial charge in [-0.25, -0.2) is 0 Å². The number of rotatable bonds is 6. The molecular formula is C28H32N2O. The second-order valence-electron chi connectivity index (χ2n) is 8.97. The highest BCUT2D eigenvalue weighted by molar-refractivity contribution is 6.08. The number of fused-ring (bicyclic) bond motifs is 3. The lowest BCUT2D eigenvalue weighted by Crippen LogP contribution is -2.43. The summed E-state index contributed by atoms with van der Waals surface area (Å²) in [6, 6.07) is 25.9. The molecule has 0 radical (unpaired) electrons. The number of piperidine rings is 1. The third kappa shape index (κ3) is 3.88. The highest BCUT2D eigenvalue weighted by Crippen LogP contribution is 2.33. The molecule has 1 N–H and O–H groups in total. The molecule has 3 heteroatoms. The molecule has 1 aliphatic heterocycles. The molecule has 31 heavy (non-hydrogen) atoms. The molecule has 5 rings (SSSR count). The van der Waals surface area contributed by atoms with Crippen molar-refractivity contribution in [2.75, 3.05) is 19.6 Å². The van der Waals surface area contributed by atoms with Crippen LogP contribution in [0, 0.1) is 0 Å². The van der Waals surface area contributed by atoms with Gasteiger partial charge in [-0.2, -0.15) is 0 Å². The number of aliphatic hydroxyl groups is 1. The quantitative estimate of drug-likeness (QED) is 0.438. The van der Waals surface area contributed by atoms with Crippen molar-refractivity contribution in [1.82, 2.24) is 9.47 Å². The summed E-state index contributed by atoms with van der Waals surface area (Å²) >= 11 is 0. The molecule has 2 heterocycles. The van der Waals surface area contributed by atoms with Crippen LogP contribution < -0.4 is 0 Å². The van der Waals surface area contributed by atoms with Crippen molar-refractivity contribution in [3.05, 3.63) is 83.9 Å². The zero-order valence-electron chi connectivity index (χ0n) is 18.4. The van der Waals surface area contributed by atoms with Crippen LogP contribution in [0.3, 0.4) is 0 Å². The average molecular weight is 413 g/mol. The summed E-state index contributed by atoms with van der Waals surface area (Å²) in [5, 5.41) is 13.8. The molecular weight excluding hydrogens is 380 g/mol. The first kappa shape index (κ1) is 20.3. The zero-order chi connectivity index (χ0) is 21.3. The van der Waals surface area contributed by atoms with Gasteiger partial charge in [-0.15, -0.1) is 0 Å². The van der Waals surface area contributed by atoms with Gasteiger partial charge in [0.1, 0.15) is 0 Å². The summed E-state index contributed by atoms with van der Waals surface area (Å²) in [6.45, 7) is 6.23. The minimum atomic E-state index is -0.665. The van der Waals surface area contributed by atoms with Crippen LogP contribution >= 0.6 is 0 Å². The Labute approximate surface area is 184 Å². The third-order valence-corrected chi connectivity index (χ3v) is 7.10. The minimum Gasteiger partial charge on any atom is -0.385 e. The normalized spacial score (nSPS) is 16.8. The number of benzene rings is 3. The maximum absolute atomic E-state index is 11.1. The highest BCUT2D eigenvalue weighted by atomic mass is 16.3. The number of aryl methyl sites for hydroxylation is 2. The highest BCUT2D eigenvalue weighted by Gasteiger charge is 2.33. The molecule has 1 saturated heterocycles. The van der Waals surface area contributed by atoms with Gasteiger partial charge in [0, 0.05) is 41.4 Å². The number of likely N-dealkylation sites (tertiary alicyclic amines) is 1. The average Bonchev–Trinajstić information content (AvgIpc) is 3.14. The van der Waals surface area contributed by atoms with Gasteiger partial charge in [0.15, 0.2) is 0 Å². The van der Waals surface area contributed by atoms with E-state index in [1.807, 2.05) is 18.2 Å². The van der Waals surface area contributed by atoms with Crippen LogP contribution in [0.25, 0.3) is 21.8 Å². The molecule has 1 aromatic heterocycles. The van der Waals surface area contributed by atoms with E-state index < -0.39 is 5.60 Å². The lowest BCUT2D eigenvalue weighted by molar-refractivity contribution is -0.0261. The third-order valence-electron chi connectivity index (χ3n) is 7.10. The summed E-state index contributed by atoms with van der Waals surface area (Å²) in [5.74, 6) is 0. The van der Waals surface area contributed by atoms with E-state index in [2.05, 4.69) is 71.0 Å². The number of hydrogen-bond acceptors (Lipinski definition) is 2. The number of para-hydroxylation sites is 1. The first-order chi connectivity index (χ1) is 15.2. The Hall–Kier alpha value is -2.62. The number of nitrogens with zero attached hydrogens (tertiary/aromatic N) is 2. The van der Waals surface area contributed by atoms with Crippen molar-refractivity contribution in [1.29, 1.82) is 0 Å². The molecule has 0 unspecified atom stereocenters. The Morgan fingerprint density at radius 1 is 0.806 bits per heavy atom. The molecule has 3 aromatic carbocycles. The Morgan fingerprint density at radius 2 is 1.52 bits per heavy atom. The molecule has 0 aliphatic carbocycles. The van der Waals surface area contributed by atoms with Crippen molar-refractivity contribution < 1.29 is 5.11 Å². The lowest BCUT2D eigenvalue weighted by atomic mass is 9.84. The van der Waals surface area contributed by atoms with Crippen LogP contribution in [0.1, 0.15) is 37.3 Å². The van der Waals surface area contributed by atoms with Crippen LogP contribution in [0.15, 0.2) is 72.8 Å². The summed E-state index contributed by atoms with van der Waals surface area (Å²) < 4.78 is 2.49.